The Morgan fingerprint density at radius 3 is 2.67 bits per heavy atom. The maximum Gasteiger partial charge on any atom is 0.327 e. The number of rotatable bonds is 2. The van der Waals surface area contributed by atoms with E-state index >= 15 is 0 Å². The normalized spacial score (nSPS) is 30.3. The van der Waals surface area contributed by atoms with Crippen molar-refractivity contribution in [3.05, 3.63) is 0 Å². The molecule has 2 rings (SSSR count). The number of carboxylic acid groups (broad SMARTS) is 1. The lowest BCUT2D eigenvalue weighted by Gasteiger charge is -2.22. The number of aliphatic carboxylic acids is 1. The zero-order valence-corrected chi connectivity index (χ0v) is 11.2. The Labute approximate surface area is 109 Å². The van der Waals surface area contributed by atoms with Gasteiger partial charge in [0.15, 0.2) is 9.84 Å². The van der Waals surface area contributed by atoms with Crippen molar-refractivity contribution in [1.29, 1.82) is 0 Å². The topological polar surface area (TPSA) is 104 Å². The Balaban J connectivity index is 1.94. The molecule has 0 radical (unpaired) electrons. The van der Waals surface area contributed by atoms with Gasteiger partial charge in [0.2, 0.25) is 0 Å². The number of thioether (sulfide) groups is 1. The van der Waals surface area contributed by atoms with Crippen LogP contribution in [-0.2, 0) is 14.6 Å². The van der Waals surface area contributed by atoms with E-state index in [4.69, 9.17) is 5.11 Å². The lowest BCUT2D eigenvalue weighted by Crippen LogP contribution is -2.50. The third-order valence-electron chi connectivity index (χ3n) is 2.99. The minimum absolute atomic E-state index is 0.0581. The van der Waals surface area contributed by atoms with Gasteiger partial charge in [-0.1, -0.05) is 0 Å². The minimum atomic E-state index is -3.05. The second-order valence-corrected chi connectivity index (χ2v) is 7.60. The van der Waals surface area contributed by atoms with E-state index in [-0.39, 0.29) is 11.5 Å². The highest BCUT2D eigenvalue weighted by Gasteiger charge is 2.37. The van der Waals surface area contributed by atoms with Gasteiger partial charge in [-0.2, -0.15) is 0 Å². The lowest BCUT2D eigenvalue weighted by molar-refractivity contribution is -0.140. The molecule has 0 aromatic rings. The average Bonchev–Trinajstić information content (AvgIpc) is 2.84. The van der Waals surface area contributed by atoms with Crippen LogP contribution in [0.25, 0.3) is 0 Å². The van der Waals surface area contributed by atoms with E-state index in [0.29, 0.717) is 18.1 Å². The first-order chi connectivity index (χ1) is 8.39. The molecule has 2 amide bonds. The van der Waals surface area contributed by atoms with E-state index in [1.54, 1.807) is 0 Å². The molecule has 0 aliphatic carbocycles. The maximum absolute atomic E-state index is 11.9. The molecule has 1 unspecified atom stereocenters. The number of carbonyl (C=O) groups is 2. The number of hydrogen-bond donors (Lipinski definition) is 2. The van der Waals surface area contributed by atoms with Crippen molar-refractivity contribution in [1.82, 2.24) is 10.2 Å². The van der Waals surface area contributed by atoms with Crippen molar-refractivity contribution in [3.63, 3.8) is 0 Å². The predicted molar refractivity (Wildman–Crippen MR) is 66.2 cm³/mol. The number of nitrogens with zero attached hydrogens (tertiary/aromatic N) is 1. The van der Waals surface area contributed by atoms with E-state index < -0.39 is 33.9 Å². The highest BCUT2D eigenvalue weighted by Crippen LogP contribution is 2.21. The third-order valence-corrected chi connectivity index (χ3v) is 5.77. The Bertz CT molecular complexity index is 464. The van der Waals surface area contributed by atoms with Crippen molar-refractivity contribution in [3.8, 4) is 0 Å². The van der Waals surface area contributed by atoms with Gasteiger partial charge in [0.05, 0.1) is 17.4 Å². The molecule has 2 saturated heterocycles. The number of sulfone groups is 1. The summed E-state index contributed by atoms with van der Waals surface area (Å²) in [7, 11) is -3.05. The molecule has 0 saturated carbocycles. The molecule has 2 aliphatic rings. The number of hydrogen-bond acceptors (Lipinski definition) is 5. The van der Waals surface area contributed by atoms with Gasteiger partial charge in [-0.05, 0) is 6.42 Å². The van der Waals surface area contributed by atoms with Crippen LogP contribution in [-0.4, -0.2) is 65.6 Å². The Kier molecular flexibility index (Phi) is 3.71. The van der Waals surface area contributed by atoms with E-state index in [0.717, 1.165) is 0 Å². The molecule has 2 fully saturated rings. The fraction of sp³-hybridized carbons (Fsp3) is 0.778. The van der Waals surface area contributed by atoms with Gasteiger partial charge in [-0.15, -0.1) is 11.8 Å². The van der Waals surface area contributed by atoms with Crippen LogP contribution < -0.4 is 5.32 Å². The summed E-state index contributed by atoms with van der Waals surface area (Å²) in [5.41, 5.74) is 0. The fourth-order valence-corrected chi connectivity index (χ4v) is 4.83. The molecule has 7 nitrogen and oxygen atoms in total. The van der Waals surface area contributed by atoms with E-state index in [2.05, 4.69) is 5.32 Å². The zero-order valence-electron chi connectivity index (χ0n) is 9.53. The largest absolute Gasteiger partial charge is 0.480 e. The van der Waals surface area contributed by atoms with E-state index in [1.165, 1.54) is 16.7 Å². The molecule has 2 N–H and O–H groups in total. The molecule has 18 heavy (non-hydrogen) atoms. The van der Waals surface area contributed by atoms with Crippen molar-refractivity contribution in [2.45, 2.75) is 18.5 Å². The zero-order chi connectivity index (χ0) is 13.3. The molecular formula is C9H14N2O5S2. The van der Waals surface area contributed by atoms with Crippen LogP contribution in [0.5, 0.6) is 0 Å². The van der Waals surface area contributed by atoms with Gasteiger partial charge < -0.3 is 15.3 Å². The van der Waals surface area contributed by atoms with E-state index in [1.807, 2.05) is 0 Å². The Morgan fingerprint density at radius 1 is 1.39 bits per heavy atom. The lowest BCUT2D eigenvalue weighted by atomic mass is 10.2. The quantitative estimate of drug-likeness (QED) is 0.701. The standard InChI is InChI=1S/C9H14N2O5S2/c12-8(13)7-3-17-5-11(7)9(14)10-6-1-2-18(15,16)4-6/h6-7H,1-5H2,(H,10,14)(H,12,13)/t6?,7-/m0/s1. The molecule has 0 aromatic carbocycles. The van der Waals surface area contributed by atoms with Gasteiger partial charge in [0.1, 0.15) is 6.04 Å². The summed E-state index contributed by atoms with van der Waals surface area (Å²) < 4.78 is 22.5. The van der Waals surface area contributed by atoms with Crippen molar-refractivity contribution in [2.75, 3.05) is 23.1 Å². The monoisotopic (exact) mass is 294 g/mol. The summed E-state index contributed by atoms with van der Waals surface area (Å²) in [5, 5.41) is 11.5. The first-order valence-corrected chi connectivity index (χ1v) is 8.45. The molecule has 102 valence electrons. The number of amides is 2. The molecule has 0 aromatic heterocycles. The molecule has 0 spiro atoms. The Hall–Kier alpha value is -0.960. The summed E-state index contributed by atoms with van der Waals surface area (Å²) in [5.74, 6) is -0.324. The average molecular weight is 294 g/mol. The van der Waals surface area contributed by atoms with Crippen LogP contribution in [0.2, 0.25) is 0 Å². The summed E-state index contributed by atoms with van der Waals surface area (Å²) >= 11 is 1.37. The van der Waals surface area contributed by atoms with Crippen LogP contribution in [0.3, 0.4) is 0 Å². The van der Waals surface area contributed by atoms with Crippen LogP contribution in [0, 0.1) is 0 Å². The minimum Gasteiger partial charge on any atom is -0.480 e. The molecular weight excluding hydrogens is 280 g/mol. The van der Waals surface area contributed by atoms with Crippen LogP contribution >= 0.6 is 11.8 Å². The number of nitrogens with one attached hydrogen (secondary N) is 1. The van der Waals surface area contributed by atoms with E-state index in [9.17, 15) is 18.0 Å². The predicted octanol–water partition coefficient (Wildman–Crippen LogP) is -0.657. The highest BCUT2D eigenvalue weighted by atomic mass is 32.2. The second-order valence-electron chi connectivity index (χ2n) is 4.37. The van der Waals surface area contributed by atoms with Gasteiger partial charge in [0.25, 0.3) is 0 Å². The molecule has 2 heterocycles. The molecule has 2 atom stereocenters. The van der Waals surface area contributed by atoms with Crippen LogP contribution in [0.4, 0.5) is 4.79 Å². The fourth-order valence-electron chi connectivity index (χ4n) is 2.01. The number of carboxylic acids is 1. The first-order valence-electron chi connectivity index (χ1n) is 5.47. The number of carbonyl (C=O) groups excluding carboxylic acids is 1. The van der Waals surface area contributed by atoms with Gasteiger partial charge in [-0.25, -0.2) is 18.0 Å². The van der Waals surface area contributed by atoms with Crippen molar-refractivity contribution >= 4 is 33.6 Å². The summed E-state index contributed by atoms with van der Waals surface area (Å²) in [4.78, 5) is 24.0. The summed E-state index contributed by atoms with van der Waals surface area (Å²) in [6.45, 7) is 0. The van der Waals surface area contributed by atoms with Crippen molar-refractivity contribution in [2.24, 2.45) is 0 Å². The maximum atomic E-state index is 11.9. The highest BCUT2D eigenvalue weighted by molar-refractivity contribution is 7.99. The molecule has 2 aliphatic heterocycles. The summed E-state index contributed by atoms with van der Waals surface area (Å²) in [6, 6.07) is -1.72. The third kappa shape index (κ3) is 2.89. The number of urea groups is 1. The van der Waals surface area contributed by atoms with Crippen LogP contribution in [0.1, 0.15) is 6.42 Å². The van der Waals surface area contributed by atoms with Gasteiger partial charge in [-0.3, -0.25) is 0 Å². The SMILES string of the molecule is O=C(O)[C@@H]1CSCN1C(=O)NC1CCS(=O)(=O)C1. The first kappa shape index (κ1) is 13.5. The van der Waals surface area contributed by atoms with Gasteiger partial charge in [0, 0.05) is 11.8 Å². The smallest absolute Gasteiger partial charge is 0.327 e. The Morgan fingerprint density at radius 2 is 2.11 bits per heavy atom. The second kappa shape index (κ2) is 4.96. The molecule has 0 bridgehead atoms. The molecule has 9 heteroatoms. The van der Waals surface area contributed by atoms with Crippen LogP contribution in [0.15, 0.2) is 0 Å². The van der Waals surface area contributed by atoms with Crippen molar-refractivity contribution < 1.29 is 23.1 Å². The summed E-state index contributed by atoms with van der Waals surface area (Å²) in [6.07, 6.45) is 0.396. The van der Waals surface area contributed by atoms with Gasteiger partial charge >= 0.3 is 12.0 Å².